The summed E-state index contributed by atoms with van der Waals surface area (Å²) in [6, 6.07) is 0.795. The van der Waals surface area contributed by atoms with E-state index in [4.69, 9.17) is 4.74 Å². The van der Waals surface area contributed by atoms with Crippen LogP contribution in [0, 0.1) is 5.92 Å². The van der Waals surface area contributed by atoms with E-state index >= 15 is 0 Å². The Hall–Kier alpha value is -0.120. The summed E-state index contributed by atoms with van der Waals surface area (Å²) in [5, 5.41) is 3.73. The highest BCUT2D eigenvalue weighted by molar-refractivity contribution is 4.75. The molecule has 100 valence electrons. The Kier molecular flexibility index (Phi) is 5.75. The summed E-state index contributed by atoms with van der Waals surface area (Å²) in [4.78, 5) is 2.52. The van der Waals surface area contributed by atoms with Crippen molar-refractivity contribution in [2.24, 2.45) is 5.92 Å². The van der Waals surface area contributed by atoms with Crippen molar-refractivity contribution in [2.45, 2.75) is 45.1 Å². The highest BCUT2D eigenvalue weighted by atomic mass is 16.5. The molecular formula is C14H28N2O. The van der Waals surface area contributed by atoms with E-state index in [9.17, 15) is 0 Å². The number of nitrogens with zero attached hydrogens (tertiary/aromatic N) is 1. The third kappa shape index (κ3) is 4.94. The molecule has 0 bridgehead atoms. The van der Waals surface area contributed by atoms with E-state index in [0.717, 1.165) is 38.3 Å². The molecule has 3 nitrogen and oxygen atoms in total. The van der Waals surface area contributed by atoms with Crippen LogP contribution in [-0.4, -0.2) is 50.3 Å². The molecule has 0 amide bonds. The van der Waals surface area contributed by atoms with Crippen LogP contribution in [0.25, 0.3) is 0 Å². The fourth-order valence-corrected chi connectivity index (χ4v) is 3.05. The molecule has 0 spiro atoms. The quantitative estimate of drug-likeness (QED) is 0.743. The summed E-state index contributed by atoms with van der Waals surface area (Å²) in [5.74, 6) is 0.931. The van der Waals surface area contributed by atoms with Gasteiger partial charge < -0.3 is 10.1 Å². The number of rotatable bonds is 5. The maximum atomic E-state index is 5.36. The number of morpholine rings is 1. The molecule has 2 atom stereocenters. The van der Waals surface area contributed by atoms with E-state index < -0.39 is 0 Å². The number of nitrogens with one attached hydrogen (secondary N) is 1. The molecule has 1 saturated heterocycles. The molecule has 0 radical (unpaired) electrons. The van der Waals surface area contributed by atoms with Crippen LogP contribution in [0.15, 0.2) is 0 Å². The maximum Gasteiger partial charge on any atom is 0.0594 e. The van der Waals surface area contributed by atoms with Crippen molar-refractivity contribution < 1.29 is 4.74 Å². The maximum absolute atomic E-state index is 5.36. The highest BCUT2D eigenvalue weighted by Gasteiger charge is 2.18. The van der Waals surface area contributed by atoms with Crippen LogP contribution in [0.3, 0.4) is 0 Å². The van der Waals surface area contributed by atoms with Gasteiger partial charge in [-0.1, -0.05) is 19.8 Å². The van der Waals surface area contributed by atoms with Gasteiger partial charge in [0.15, 0.2) is 0 Å². The van der Waals surface area contributed by atoms with Gasteiger partial charge in [-0.3, -0.25) is 4.90 Å². The summed E-state index contributed by atoms with van der Waals surface area (Å²) in [5.41, 5.74) is 0. The number of hydrogen-bond donors (Lipinski definition) is 1. The molecule has 1 aliphatic heterocycles. The largest absolute Gasteiger partial charge is 0.379 e. The average Bonchev–Trinajstić information content (AvgIpc) is 2.36. The molecule has 3 heteroatoms. The van der Waals surface area contributed by atoms with Crippen molar-refractivity contribution in [3.63, 3.8) is 0 Å². The first kappa shape index (κ1) is 13.3. The molecular weight excluding hydrogens is 212 g/mol. The standard InChI is InChI=1S/C14H28N2O/c1-13-4-2-5-14(12-13)15-6-3-7-16-8-10-17-11-9-16/h13-15H,2-12H2,1H3/t13-,14+/m1/s1. The molecule has 1 heterocycles. The zero-order chi connectivity index (χ0) is 11.9. The second-order valence-corrected chi connectivity index (χ2v) is 5.73. The van der Waals surface area contributed by atoms with Crippen molar-refractivity contribution in [2.75, 3.05) is 39.4 Å². The fourth-order valence-electron chi connectivity index (χ4n) is 3.05. The van der Waals surface area contributed by atoms with Crippen molar-refractivity contribution in [3.05, 3.63) is 0 Å². The Morgan fingerprint density at radius 3 is 2.82 bits per heavy atom. The van der Waals surface area contributed by atoms with E-state index in [0.29, 0.717) is 0 Å². The minimum Gasteiger partial charge on any atom is -0.379 e. The minimum atomic E-state index is 0.795. The first-order valence-electron chi connectivity index (χ1n) is 7.38. The smallest absolute Gasteiger partial charge is 0.0594 e. The number of ether oxygens (including phenoxy) is 1. The number of hydrogen-bond acceptors (Lipinski definition) is 3. The Morgan fingerprint density at radius 1 is 1.24 bits per heavy atom. The van der Waals surface area contributed by atoms with Gasteiger partial charge in [-0.25, -0.2) is 0 Å². The Bertz CT molecular complexity index is 204. The zero-order valence-corrected chi connectivity index (χ0v) is 11.3. The van der Waals surface area contributed by atoms with E-state index in [2.05, 4.69) is 17.1 Å². The van der Waals surface area contributed by atoms with Crippen molar-refractivity contribution >= 4 is 0 Å². The van der Waals surface area contributed by atoms with Crippen LogP contribution < -0.4 is 5.32 Å². The summed E-state index contributed by atoms with van der Waals surface area (Å²) in [7, 11) is 0. The Balaban J connectivity index is 1.50. The van der Waals surface area contributed by atoms with Crippen LogP contribution in [0.1, 0.15) is 39.0 Å². The fraction of sp³-hybridized carbons (Fsp3) is 1.00. The topological polar surface area (TPSA) is 24.5 Å². The molecule has 2 fully saturated rings. The van der Waals surface area contributed by atoms with Crippen LogP contribution in [0.2, 0.25) is 0 Å². The van der Waals surface area contributed by atoms with E-state index in [-0.39, 0.29) is 0 Å². The normalized spacial score (nSPS) is 31.6. The van der Waals surface area contributed by atoms with Crippen LogP contribution in [0.5, 0.6) is 0 Å². The van der Waals surface area contributed by atoms with Gasteiger partial charge in [0.1, 0.15) is 0 Å². The molecule has 0 aromatic carbocycles. The molecule has 1 aliphatic carbocycles. The van der Waals surface area contributed by atoms with Crippen molar-refractivity contribution in [1.29, 1.82) is 0 Å². The van der Waals surface area contributed by atoms with E-state index in [1.165, 1.54) is 45.2 Å². The molecule has 17 heavy (non-hydrogen) atoms. The van der Waals surface area contributed by atoms with Crippen LogP contribution in [-0.2, 0) is 4.74 Å². The monoisotopic (exact) mass is 240 g/mol. The van der Waals surface area contributed by atoms with Gasteiger partial charge in [0.05, 0.1) is 13.2 Å². The van der Waals surface area contributed by atoms with Gasteiger partial charge in [-0.05, 0) is 38.3 Å². The molecule has 2 rings (SSSR count). The first-order chi connectivity index (χ1) is 8.34. The van der Waals surface area contributed by atoms with Gasteiger partial charge in [-0.2, -0.15) is 0 Å². The first-order valence-corrected chi connectivity index (χ1v) is 7.38. The Morgan fingerprint density at radius 2 is 2.06 bits per heavy atom. The molecule has 0 aromatic rings. The lowest BCUT2D eigenvalue weighted by atomic mass is 9.87. The van der Waals surface area contributed by atoms with Crippen molar-refractivity contribution in [1.82, 2.24) is 10.2 Å². The van der Waals surface area contributed by atoms with Gasteiger partial charge in [0.25, 0.3) is 0 Å². The third-order valence-corrected chi connectivity index (χ3v) is 4.12. The second-order valence-electron chi connectivity index (χ2n) is 5.73. The van der Waals surface area contributed by atoms with Crippen LogP contribution in [0.4, 0.5) is 0 Å². The molecule has 1 N–H and O–H groups in total. The van der Waals surface area contributed by atoms with Crippen LogP contribution >= 0.6 is 0 Å². The van der Waals surface area contributed by atoms with Gasteiger partial charge in [0, 0.05) is 19.1 Å². The summed E-state index contributed by atoms with van der Waals surface area (Å²) in [6.45, 7) is 8.91. The van der Waals surface area contributed by atoms with Crippen molar-refractivity contribution in [3.8, 4) is 0 Å². The van der Waals surface area contributed by atoms with E-state index in [1.54, 1.807) is 0 Å². The summed E-state index contributed by atoms with van der Waals surface area (Å²) in [6.07, 6.45) is 6.92. The lowest BCUT2D eigenvalue weighted by Crippen LogP contribution is -2.39. The molecule has 2 aliphatic rings. The lowest BCUT2D eigenvalue weighted by Gasteiger charge is -2.29. The highest BCUT2D eigenvalue weighted by Crippen LogP contribution is 2.23. The zero-order valence-electron chi connectivity index (χ0n) is 11.3. The average molecular weight is 240 g/mol. The molecule has 1 saturated carbocycles. The lowest BCUT2D eigenvalue weighted by molar-refractivity contribution is 0.0373. The minimum absolute atomic E-state index is 0.795. The van der Waals surface area contributed by atoms with Gasteiger partial charge in [-0.15, -0.1) is 0 Å². The molecule has 0 aromatic heterocycles. The SMILES string of the molecule is C[C@@H]1CCC[C@H](NCCCN2CCOCC2)C1. The van der Waals surface area contributed by atoms with E-state index in [1.807, 2.05) is 0 Å². The third-order valence-electron chi connectivity index (χ3n) is 4.12. The summed E-state index contributed by atoms with van der Waals surface area (Å²) < 4.78 is 5.36. The van der Waals surface area contributed by atoms with Gasteiger partial charge >= 0.3 is 0 Å². The summed E-state index contributed by atoms with van der Waals surface area (Å²) >= 11 is 0. The second kappa shape index (κ2) is 7.34. The Labute approximate surface area is 106 Å². The van der Waals surface area contributed by atoms with Gasteiger partial charge in [0.2, 0.25) is 0 Å². The predicted molar refractivity (Wildman–Crippen MR) is 71.3 cm³/mol. The molecule has 0 unspecified atom stereocenters. The predicted octanol–water partition coefficient (Wildman–Crippen LogP) is 1.88.